The summed E-state index contributed by atoms with van der Waals surface area (Å²) in [6.07, 6.45) is 3.64. The van der Waals surface area contributed by atoms with Gasteiger partial charge in [0.1, 0.15) is 5.82 Å². The van der Waals surface area contributed by atoms with Crippen LogP contribution in [0.5, 0.6) is 0 Å². The minimum Gasteiger partial charge on any atom is -0.370 e. The third-order valence-electron chi connectivity index (χ3n) is 4.34. The molecule has 4 heteroatoms. The maximum atomic E-state index is 14.1. The Hall–Kier alpha value is -0.800. The molecule has 0 aromatic heterocycles. The van der Waals surface area contributed by atoms with E-state index in [0.29, 0.717) is 11.6 Å². The fraction of sp³-hybridized carbons (Fsp3) is 0.600. The van der Waals surface area contributed by atoms with E-state index in [4.69, 9.17) is 11.6 Å². The van der Waals surface area contributed by atoms with Crippen LogP contribution in [-0.2, 0) is 5.88 Å². The highest BCUT2D eigenvalue weighted by molar-refractivity contribution is 6.17. The Morgan fingerprint density at radius 2 is 1.95 bits per heavy atom. The van der Waals surface area contributed by atoms with Gasteiger partial charge in [-0.2, -0.15) is 0 Å². The molecular formula is C15H22ClFN2. The first-order valence-electron chi connectivity index (χ1n) is 6.71. The van der Waals surface area contributed by atoms with E-state index < -0.39 is 0 Å². The number of halogens is 2. The number of anilines is 1. The normalized spacial score (nSPS) is 17.4. The average Bonchev–Trinajstić information content (AvgIpc) is 2.32. The molecule has 0 atom stereocenters. The van der Waals surface area contributed by atoms with Gasteiger partial charge >= 0.3 is 0 Å². The van der Waals surface area contributed by atoms with E-state index in [1.54, 1.807) is 0 Å². The van der Waals surface area contributed by atoms with Crippen molar-refractivity contribution in [2.24, 2.45) is 0 Å². The van der Waals surface area contributed by atoms with Gasteiger partial charge in [0.05, 0.1) is 5.69 Å². The average molecular weight is 285 g/mol. The third kappa shape index (κ3) is 2.87. The monoisotopic (exact) mass is 284 g/mol. The van der Waals surface area contributed by atoms with Crippen molar-refractivity contribution < 1.29 is 4.39 Å². The molecule has 0 amide bonds. The van der Waals surface area contributed by atoms with Crippen LogP contribution in [0.1, 0.15) is 24.8 Å². The molecule has 0 heterocycles. The van der Waals surface area contributed by atoms with Crippen LogP contribution in [0.25, 0.3) is 0 Å². The number of likely N-dealkylation sites (N-methyl/N-ethyl adjacent to an activating group) is 2. The summed E-state index contributed by atoms with van der Waals surface area (Å²) in [5, 5.41) is 0. The van der Waals surface area contributed by atoms with Gasteiger partial charge in [-0.25, -0.2) is 4.39 Å². The topological polar surface area (TPSA) is 6.48 Å². The van der Waals surface area contributed by atoms with Crippen LogP contribution in [0.15, 0.2) is 18.2 Å². The first-order chi connectivity index (χ1) is 8.98. The van der Waals surface area contributed by atoms with E-state index in [9.17, 15) is 4.39 Å². The largest absolute Gasteiger partial charge is 0.370 e. The van der Waals surface area contributed by atoms with Crippen molar-refractivity contribution in [3.8, 4) is 0 Å². The number of benzene rings is 1. The molecule has 0 aliphatic heterocycles. The molecule has 1 saturated carbocycles. The zero-order chi connectivity index (χ0) is 14.0. The van der Waals surface area contributed by atoms with E-state index in [2.05, 4.69) is 19.0 Å². The number of alkyl halides is 1. The first kappa shape index (κ1) is 14.6. The maximum Gasteiger partial charge on any atom is 0.146 e. The quantitative estimate of drug-likeness (QED) is 0.764. The summed E-state index contributed by atoms with van der Waals surface area (Å²) in [5.74, 6) is 0.164. The summed E-state index contributed by atoms with van der Waals surface area (Å²) in [5.41, 5.74) is 1.68. The van der Waals surface area contributed by atoms with Crippen LogP contribution in [0.3, 0.4) is 0 Å². The van der Waals surface area contributed by atoms with Crippen LogP contribution in [0.2, 0.25) is 0 Å². The Morgan fingerprint density at radius 3 is 2.37 bits per heavy atom. The SMILES string of the molecule is CN(CC1(N(C)C)CCC1)c1ccc(CCl)cc1F. The van der Waals surface area contributed by atoms with E-state index in [0.717, 1.165) is 12.1 Å². The van der Waals surface area contributed by atoms with E-state index >= 15 is 0 Å². The molecule has 0 N–H and O–H groups in total. The summed E-state index contributed by atoms with van der Waals surface area (Å²) >= 11 is 5.72. The van der Waals surface area contributed by atoms with Gasteiger partial charge in [-0.1, -0.05) is 6.07 Å². The van der Waals surface area contributed by atoms with Crippen LogP contribution in [0, 0.1) is 5.82 Å². The summed E-state index contributed by atoms with van der Waals surface area (Å²) in [4.78, 5) is 4.30. The molecule has 1 aromatic rings. The van der Waals surface area contributed by atoms with Crippen LogP contribution in [0.4, 0.5) is 10.1 Å². The third-order valence-corrected chi connectivity index (χ3v) is 4.65. The highest BCUT2D eigenvalue weighted by Crippen LogP contribution is 2.37. The van der Waals surface area contributed by atoms with Crippen LogP contribution >= 0.6 is 11.6 Å². The second-order valence-electron chi connectivity index (χ2n) is 5.75. The number of hydrogen-bond donors (Lipinski definition) is 0. The molecule has 0 radical (unpaired) electrons. The lowest BCUT2D eigenvalue weighted by atomic mass is 9.75. The summed E-state index contributed by atoms with van der Waals surface area (Å²) < 4.78 is 14.1. The van der Waals surface area contributed by atoms with Gasteiger partial charge < -0.3 is 9.80 Å². The molecule has 1 aliphatic rings. The lowest BCUT2D eigenvalue weighted by molar-refractivity contribution is 0.0682. The Labute approximate surface area is 120 Å². The van der Waals surface area contributed by atoms with Crippen molar-refractivity contribution in [2.45, 2.75) is 30.7 Å². The second kappa shape index (κ2) is 5.68. The lowest BCUT2D eigenvalue weighted by Crippen LogP contribution is -2.56. The number of nitrogens with zero attached hydrogens (tertiary/aromatic N) is 2. The van der Waals surface area contributed by atoms with Crippen molar-refractivity contribution in [3.05, 3.63) is 29.6 Å². The molecule has 0 bridgehead atoms. The van der Waals surface area contributed by atoms with E-state index in [1.807, 2.05) is 24.1 Å². The van der Waals surface area contributed by atoms with Crippen molar-refractivity contribution in [1.82, 2.24) is 4.90 Å². The van der Waals surface area contributed by atoms with Gasteiger partial charge in [0.15, 0.2) is 0 Å². The molecule has 106 valence electrons. The van der Waals surface area contributed by atoms with Gasteiger partial charge in [-0.3, -0.25) is 0 Å². The molecule has 0 unspecified atom stereocenters. The van der Waals surface area contributed by atoms with Crippen LogP contribution in [-0.4, -0.2) is 38.1 Å². The zero-order valence-electron chi connectivity index (χ0n) is 11.9. The summed E-state index contributed by atoms with van der Waals surface area (Å²) in [6, 6.07) is 5.25. The molecule has 1 aromatic carbocycles. The molecule has 0 spiro atoms. The van der Waals surface area contributed by atoms with Crippen molar-refractivity contribution >= 4 is 17.3 Å². The molecule has 0 saturated heterocycles. The van der Waals surface area contributed by atoms with Crippen LogP contribution < -0.4 is 4.90 Å². The maximum absolute atomic E-state index is 14.1. The highest BCUT2D eigenvalue weighted by atomic mass is 35.5. The van der Waals surface area contributed by atoms with E-state index in [1.165, 1.54) is 25.3 Å². The number of hydrogen-bond acceptors (Lipinski definition) is 2. The zero-order valence-corrected chi connectivity index (χ0v) is 12.7. The summed E-state index contributed by atoms with van der Waals surface area (Å²) in [7, 11) is 6.18. The van der Waals surface area contributed by atoms with E-state index in [-0.39, 0.29) is 11.4 Å². The predicted octanol–water partition coefficient (Wildman–Crippen LogP) is 3.49. The second-order valence-corrected chi connectivity index (χ2v) is 6.02. The molecule has 1 fully saturated rings. The van der Waals surface area contributed by atoms with Gasteiger partial charge in [0.25, 0.3) is 0 Å². The Bertz CT molecular complexity index is 444. The Kier molecular flexibility index (Phi) is 4.36. The Balaban J connectivity index is 2.13. The molecule has 2 nitrogen and oxygen atoms in total. The minimum absolute atomic E-state index is 0.186. The fourth-order valence-electron chi connectivity index (χ4n) is 2.80. The molecule has 19 heavy (non-hydrogen) atoms. The molecule has 2 rings (SSSR count). The predicted molar refractivity (Wildman–Crippen MR) is 79.5 cm³/mol. The van der Waals surface area contributed by atoms with Gasteiger partial charge in [0.2, 0.25) is 0 Å². The number of rotatable bonds is 5. The standard InChI is InChI=1S/C15H22ClFN2/c1-18(2)15(7-4-8-15)11-19(3)14-6-5-12(10-16)9-13(14)17/h5-6,9H,4,7-8,10-11H2,1-3H3. The smallest absolute Gasteiger partial charge is 0.146 e. The highest BCUT2D eigenvalue weighted by Gasteiger charge is 2.40. The molecular weight excluding hydrogens is 263 g/mol. The van der Waals surface area contributed by atoms with Gasteiger partial charge in [-0.05, 0) is 51.1 Å². The Morgan fingerprint density at radius 1 is 1.26 bits per heavy atom. The fourth-order valence-corrected chi connectivity index (χ4v) is 2.97. The van der Waals surface area contributed by atoms with Crippen molar-refractivity contribution in [3.63, 3.8) is 0 Å². The first-order valence-corrected chi connectivity index (χ1v) is 7.25. The summed E-state index contributed by atoms with van der Waals surface area (Å²) in [6.45, 7) is 0.858. The van der Waals surface area contributed by atoms with Gasteiger partial charge in [-0.15, -0.1) is 11.6 Å². The van der Waals surface area contributed by atoms with Crippen molar-refractivity contribution in [2.75, 3.05) is 32.6 Å². The lowest BCUT2D eigenvalue weighted by Gasteiger charge is -2.49. The van der Waals surface area contributed by atoms with Crippen molar-refractivity contribution in [1.29, 1.82) is 0 Å². The van der Waals surface area contributed by atoms with Gasteiger partial charge in [0, 0.05) is 25.0 Å². The minimum atomic E-state index is -0.186. The molecule has 1 aliphatic carbocycles.